The van der Waals surface area contributed by atoms with Gasteiger partial charge in [0.15, 0.2) is 0 Å². The van der Waals surface area contributed by atoms with Crippen molar-refractivity contribution < 1.29 is 29.6 Å². The maximum atomic E-state index is 5.50. The molecule has 2 aliphatic heterocycles. The average molecular weight is 441 g/mol. The van der Waals surface area contributed by atoms with E-state index in [1.165, 1.54) is 5.56 Å². The zero-order valence-corrected chi connectivity index (χ0v) is 13.1. The summed E-state index contributed by atoms with van der Waals surface area (Å²) >= 11 is 0. The summed E-state index contributed by atoms with van der Waals surface area (Å²) in [6.07, 6.45) is 0. The largest absolute Gasteiger partial charge is 0.614 e. The third kappa shape index (κ3) is 1.69. The number of methoxy groups -OCH3 is 1. The molecule has 0 aromatic heterocycles. The molecule has 0 atom stereocenters. The number of hydrogen-bond donors (Lipinski definition) is 0. The predicted octanol–water partition coefficient (Wildman–Crippen LogP) is 3.39. The molecule has 20 heavy (non-hydrogen) atoms. The SMILES string of the molecule is COC1=C2c3ccccc3-c3ccc[c-]c3N2[CH-]O1.[Ir]. The Morgan fingerprint density at radius 3 is 2.65 bits per heavy atom. The van der Waals surface area contributed by atoms with Gasteiger partial charge >= 0.3 is 0 Å². The summed E-state index contributed by atoms with van der Waals surface area (Å²) in [5, 5.41) is 0. The Morgan fingerprint density at radius 2 is 1.85 bits per heavy atom. The standard InChI is InChI=1S/C16H11NO2.Ir/c1-18-16-15-13-8-3-2-6-11(13)12-7-4-5-9-14(12)17(15)10-19-16;/h2-8,10H,1H3;/q-2;. The Hall–Kier alpha value is -1.77. The van der Waals surface area contributed by atoms with E-state index in [1.807, 2.05) is 29.2 Å². The number of benzene rings is 2. The predicted molar refractivity (Wildman–Crippen MR) is 72.5 cm³/mol. The van der Waals surface area contributed by atoms with Gasteiger partial charge in [0.2, 0.25) is 0 Å². The Kier molecular flexibility index (Phi) is 3.28. The minimum absolute atomic E-state index is 0. The first-order valence-electron chi connectivity index (χ1n) is 6.08. The van der Waals surface area contributed by atoms with Crippen molar-refractivity contribution in [2.45, 2.75) is 0 Å². The van der Waals surface area contributed by atoms with Gasteiger partial charge in [-0.05, 0) is 5.56 Å². The maximum absolute atomic E-state index is 5.50. The Labute approximate surface area is 131 Å². The molecule has 0 bridgehead atoms. The van der Waals surface area contributed by atoms with E-state index >= 15 is 0 Å². The molecule has 2 heterocycles. The molecule has 1 radical (unpaired) electrons. The van der Waals surface area contributed by atoms with E-state index in [9.17, 15) is 0 Å². The summed E-state index contributed by atoms with van der Waals surface area (Å²) in [6, 6.07) is 17.5. The van der Waals surface area contributed by atoms with E-state index in [0.29, 0.717) is 5.95 Å². The van der Waals surface area contributed by atoms with E-state index in [1.54, 1.807) is 13.8 Å². The second-order valence-corrected chi connectivity index (χ2v) is 4.41. The third-order valence-electron chi connectivity index (χ3n) is 3.43. The van der Waals surface area contributed by atoms with Crippen LogP contribution in [-0.4, -0.2) is 7.11 Å². The molecule has 0 saturated heterocycles. The zero-order valence-electron chi connectivity index (χ0n) is 10.7. The van der Waals surface area contributed by atoms with Crippen molar-refractivity contribution in [3.05, 3.63) is 66.8 Å². The topological polar surface area (TPSA) is 21.7 Å². The molecular weight excluding hydrogens is 430 g/mol. The summed E-state index contributed by atoms with van der Waals surface area (Å²) in [5.74, 6) is 0.523. The van der Waals surface area contributed by atoms with Crippen LogP contribution in [0.1, 0.15) is 5.56 Å². The molecule has 0 spiro atoms. The maximum Gasteiger partial charge on any atom is 0.271 e. The van der Waals surface area contributed by atoms with Crippen LogP contribution >= 0.6 is 0 Å². The van der Waals surface area contributed by atoms with Crippen LogP contribution in [0.15, 0.2) is 48.4 Å². The fraction of sp³-hybridized carbons (Fsp3) is 0.0625. The van der Waals surface area contributed by atoms with Crippen molar-refractivity contribution >= 4 is 11.4 Å². The van der Waals surface area contributed by atoms with Gasteiger partial charge in [-0.15, -0.1) is 5.56 Å². The van der Waals surface area contributed by atoms with Crippen molar-refractivity contribution in [1.29, 1.82) is 0 Å². The second-order valence-electron chi connectivity index (χ2n) is 4.41. The molecule has 4 heteroatoms. The molecule has 0 aliphatic carbocycles. The molecule has 4 rings (SSSR count). The molecule has 2 aliphatic rings. The number of hydrogen-bond acceptors (Lipinski definition) is 3. The van der Waals surface area contributed by atoms with Gasteiger partial charge in [0.25, 0.3) is 5.95 Å². The van der Waals surface area contributed by atoms with E-state index in [4.69, 9.17) is 9.47 Å². The van der Waals surface area contributed by atoms with Crippen LogP contribution in [0, 0.1) is 12.8 Å². The molecule has 2 aromatic carbocycles. The summed E-state index contributed by atoms with van der Waals surface area (Å²) in [5.41, 5.74) is 5.37. The van der Waals surface area contributed by atoms with Gasteiger partial charge in [-0.3, -0.25) is 0 Å². The molecule has 0 unspecified atom stereocenters. The Bertz CT molecular complexity index is 696. The van der Waals surface area contributed by atoms with Crippen LogP contribution < -0.4 is 4.90 Å². The molecule has 0 amide bonds. The first kappa shape index (κ1) is 13.2. The van der Waals surface area contributed by atoms with Crippen LogP contribution in [-0.2, 0) is 29.6 Å². The van der Waals surface area contributed by atoms with Crippen molar-refractivity contribution in [3.8, 4) is 11.1 Å². The van der Waals surface area contributed by atoms with Gasteiger partial charge in [0.05, 0.1) is 12.8 Å². The normalized spacial score (nSPS) is 14.8. The van der Waals surface area contributed by atoms with Gasteiger partial charge in [-0.2, -0.15) is 24.3 Å². The van der Waals surface area contributed by atoms with Crippen LogP contribution in [0.2, 0.25) is 0 Å². The number of nitrogens with zero attached hydrogens (tertiary/aromatic N) is 1. The van der Waals surface area contributed by atoms with Crippen LogP contribution in [0.3, 0.4) is 0 Å². The quantitative estimate of drug-likeness (QED) is 0.634. The van der Waals surface area contributed by atoms with Crippen molar-refractivity contribution in [3.63, 3.8) is 0 Å². The summed E-state index contributed by atoms with van der Waals surface area (Å²) in [7, 11) is 1.62. The number of fused-ring (bicyclic) bond motifs is 6. The monoisotopic (exact) mass is 442 g/mol. The van der Waals surface area contributed by atoms with Crippen molar-refractivity contribution in [2.75, 3.05) is 12.0 Å². The van der Waals surface area contributed by atoms with E-state index < -0.39 is 0 Å². The van der Waals surface area contributed by atoms with E-state index in [-0.39, 0.29) is 20.1 Å². The minimum Gasteiger partial charge on any atom is -0.614 e. The Morgan fingerprint density at radius 1 is 1.10 bits per heavy atom. The Balaban J connectivity index is 0.00000121. The molecule has 103 valence electrons. The fourth-order valence-electron chi connectivity index (χ4n) is 2.63. The summed E-state index contributed by atoms with van der Waals surface area (Å²) in [4.78, 5) is 1.98. The molecule has 0 fully saturated rings. The fourth-order valence-corrected chi connectivity index (χ4v) is 2.63. The van der Waals surface area contributed by atoms with Crippen LogP contribution in [0.25, 0.3) is 16.8 Å². The van der Waals surface area contributed by atoms with Gasteiger partial charge in [-0.25, -0.2) is 0 Å². The van der Waals surface area contributed by atoms with Crippen molar-refractivity contribution in [1.82, 2.24) is 0 Å². The number of rotatable bonds is 1. The van der Waals surface area contributed by atoms with E-state index in [0.717, 1.165) is 22.5 Å². The first-order chi connectivity index (χ1) is 9.40. The van der Waals surface area contributed by atoms with Crippen LogP contribution in [0.5, 0.6) is 0 Å². The first-order valence-corrected chi connectivity index (χ1v) is 6.08. The average Bonchev–Trinajstić information content (AvgIpc) is 2.92. The molecule has 0 saturated carbocycles. The smallest absolute Gasteiger partial charge is 0.271 e. The molecule has 3 nitrogen and oxygen atoms in total. The van der Waals surface area contributed by atoms with Gasteiger partial charge in [-0.1, -0.05) is 42.2 Å². The number of anilines is 1. The number of para-hydroxylation sites is 1. The van der Waals surface area contributed by atoms with Gasteiger partial charge in [0.1, 0.15) is 0 Å². The van der Waals surface area contributed by atoms with Crippen molar-refractivity contribution in [2.24, 2.45) is 0 Å². The summed E-state index contributed by atoms with van der Waals surface area (Å²) < 4.78 is 10.8. The third-order valence-corrected chi connectivity index (χ3v) is 3.43. The second kappa shape index (κ2) is 4.97. The minimum atomic E-state index is 0. The molecule has 0 N–H and O–H groups in total. The zero-order chi connectivity index (χ0) is 12.8. The van der Waals surface area contributed by atoms with E-state index in [2.05, 4.69) is 24.3 Å². The molecule has 2 aromatic rings. The number of ether oxygens (including phenoxy) is 2. The molecular formula is C16H11IrNO2-2. The van der Waals surface area contributed by atoms with Crippen LogP contribution in [0.4, 0.5) is 5.69 Å². The van der Waals surface area contributed by atoms with Gasteiger partial charge < -0.3 is 14.4 Å². The van der Waals surface area contributed by atoms with Gasteiger partial charge in [0, 0.05) is 20.1 Å². The summed E-state index contributed by atoms with van der Waals surface area (Å²) in [6.45, 7) is 1.67.